The largest absolute Gasteiger partial charge is 0.480 e. The lowest BCUT2D eigenvalue weighted by atomic mass is 9.83. The molecule has 1 aliphatic rings. The van der Waals surface area contributed by atoms with Crippen LogP contribution in [0.4, 0.5) is 0 Å². The van der Waals surface area contributed by atoms with Gasteiger partial charge in [0.05, 0.1) is 0 Å². The molecule has 0 bridgehead atoms. The number of nitrogens with zero attached hydrogens (tertiary/aromatic N) is 1. The molecule has 13 nitrogen and oxygen atoms in total. The van der Waals surface area contributed by atoms with Crippen molar-refractivity contribution in [3.05, 3.63) is 0 Å². The number of hydrogen-bond acceptors (Lipinski definition) is 8. The Balaban J connectivity index is 2.89. The molecule has 1 aliphatic carbocycles. The molecule has 1 atom stereocenters. The van der Waals surface area contributed by atoms with E-state index in [9.17, 15) is 29.1 Å². The fourth-order valence-electron chi connectivity index (χ4n) is 3.76. The Bertz CT molecular complexity index is 599. The van der Waals surface area contributed by atoms with Gasteiger partial charge < -0.3 is 25.5 Å². The quantitative estimate of drug-likeness (QED) is 0.144. The number of carboxylic acid groups (broad SMARTS) is 5. The van der Waals surface area contributed by atoms with E-state index >= 15 is 0 Å². The summed E-state index contributed by atoms with van der Waals surface area (Å²) in [6.45, 7) is -0.365. The molecule has 0 amide bonds. The van der Waals surface area contributed by atoms with Gasteiger partial charge in [-0.3, -0.25) is 20.3 Å². The fraction of sp³-hybridized carbons (Fsp3) is 0.722. The van der Waals surface area contributed by atoms with Crippen LogP contribution in [0.3, 0.4) is 0 Å². The minimum Gasteiger partial charge on any atom is -0.480 e. The van der Waals surface area contributed by atoms with E-state index in [1.54, 1.807) is 0 Å². The minimum absolute atomic E-state index is 0.0307. The Morgan fingerprint density at radius 2 is 1.06 bits per heavy atom. The Morgan fingerprint density at radius 1 is 0.677 bits per heavy atom. The molecule has 0 aliphatic heterocycles. The van der Waals surface area contributed by atoms with Gasteiger partial charge in [-0.25, -0.2) is 19.2 Å². The van der Waals surface area contributed by atoms with Gasteiger partial charge in [-0.1, -0.05) is 19.3 Å². The van der Waals surface area contributed by atoms with Gasteiger partial charge in [0, 0.05) is 26.2 Å². The molecule has 1 unspecified atom stereocenters. The summed E-state index contributed by atoms with van der Waals surface area (Å²) in [5.41, 5.74) is 0. The van der Waals surface area contributed by atoms with Crippen LogP contribution in [0.2, 0.25) is 0 Å². The Kier molecular flexibility index (Phi) is 10.9. The van der Waals surface area contributed by atoms with Crippen LogP contribution >= 0.6 is 0 Å². The number of carboxylic acids is 5. The van der Waals surface area contributed by atoms with Crippen molar-refractivity contribution >= 4 is 29.8 Å². The summed E-state index contributed by atoms with van der Waals surface area (Å²) in [5.74, 6) is -7.65. The maximum Gasteiger partial charge on any atom is 0.332 e. The van der Waals surface area contributed by atoms with Crippen molar-refractivity contribution in [2.24, 2.45) is 5.92 Å². The van der Waals surface area contributed by atoms with E-state index in [-0.39, 0.29) is 32.1 Å². The maximum absolute atomic E-state index is 12.0. The van der Waals surface area contributed by atoms with Crippen molar-refractivity contribution in [1.82, 2.24) is 15.5 Å². The molecular weight excluding hydrogens is 418 g/mol. The van der Waals surface area contributed by atoms with Gasteiger partial charge >= 0.3 is 29.8 Å². The second kappa shape index (κ2) is 12.8. The lowest BCUT2D eigenvalue weighted by Gasteiger charge is -2.36. The summed E-state index contributed by atoms with van der Waals surface area (Å²) < 4.78 is 0. The van der Waals surface area contributed by atoms with Gasteiger partial charge in [0.25, 0.3) is 0 Å². The monoisotopic (exact) mass is 447 g/mol. The van der Waals surface area contributed by atoms with Crippen LogP contribution in [0.15, 0.2) is 0 Å². The molecule has 1 rings (SSSR count). The highest BCUT2D eigenvalue weighted by atomic mass is 16.4. The Hall–Kier alpha value is -2.77. The lowest BCUT2D eigenvalue weighted by Crippen LogP contribution is -2.54. The third-order valence-corrected chi connectivity index (χ3v) is 5.23. The first-order valence-corrected chi connectivity index (χ1v) is 9.91. The summed E-state index contributed by atoms with van der Waals surface area (Å²) in [6, 6.07) is -4.67. The molecular formula is C18H29N3O10. The van der Waals surface area contributed by atoms with Gasteiger partial charge in [0.15, 0.2) is 0 Å². The first kappa shape index (κ1) is 26.3. The van der Waals surface area contributed by atoms with Gasteiger partial charge in [0.1, 0.15) is 6.04 Å². The van der Waals surface area contributed by atoms with Crippen LogP contribution in [0, 0.1) is 5.92 Å². The van der Waals surface area contributed by atoms with E-state index in [1.807, 2.05) is 0 Å². The summed E-state index contributed by atoms with van der Waals surface area (Å²) >= 11 is 0. The molecule has 0 heterocycles. The van der Waals surface area contributed by atoms with E-state index < -0.39 is 48.0 Å². The van der Waals surface area contributed by atoms with Crippen LogP contribution in [0.5, 0.6) is 0 Å². The van der Waals surface area contributed by atoms with Crippen molar-refractivity contribution in [2.45, 2.75) is 50.2 Å². The standard InChI is InChI=1S/C18H29N3O10/c22-14(23)11(15(24)25)19-6-8-21(9-7-20-12(16(26)27)17(28)29)13(18(30)31)10-4-2-1-3-5-10/h10-13,19-20H,1-9H2,(H,22,23)(H,24,25)(H,26,27)(H,28,29)(H,30,31). The second-order valence-corrected chi connectivity index (χ2v) is 7.34. The predicted octanol–water partition coefficient (Wildman–Crippen LogP) is -1.42. The number of carbonyl (C=O) groups is 5. The van der Waals surface area contributed by atoms with Crippen LogP contribution < -0.4 is 10.6 Å². The first-order valence-electron chi connectivity index (χ1n) is 9.91. The second-order valence-electron chi connectivity index (χ2n) is 7.34. The number of aliphatic carboxylic acids is 5. The SMILES string of the molecule is O=C(O)C(NCCN(CCNC(C(=O)O)C(=O)O)C(C(=O)O)C1CCCCC1)C(=O)O. The Morgan fingerprint density at radius 3 is 1.39 bits per heavy atom. The highest BCUT2D eigenvalue weighted by Crippen LogP contribution is 2.29. The van der Waals surface area contributed by atoms with Gasteiger partial charge in [0.2, 0.25) is 12.1 Å². The highest BCUT2D eigenvalue weighted by molar-refractivity contribution is 5.97. The molecule has 31 heavy (non-hydrogen) atoms. The summed E-state index contributed by atoms with van der Waals surface area (Å²) in [4.78, 5) is 57.5. The molecule has 176 valence electrons. The van der Waals surface area contributed by atoms with Crippen LogP contribution in [-0.2, 0) is 24.0 Å². The zero-order valence-electron chi connectivity index (χ0n) is 16.9. The van der Waals surface area contributed by atoms with Gasteiger partial charge in [-0.15, -0.1) is 0 Å². The Labute approximate surface area is 178 Å². The van der Waals surface area contributed by atoms with Crippen molar-refractivity contribution in [2.75, 3.05) is 26.2 Å². The van der Waals surface area contributed by atoms with Gasteiger partial charge in [-0.2, -0.15) is 0 Å². The molecule has 1 saturated carbocycles. The predicted molar refractivity (Wildman–Crippen MR) is 104 cm³/mol. The minimum atomic E-state index is -1.86. The topological polar surface area (TPSA) is 214 Å². The van der Waals surface area contributed by atoms with Gasteiger partial charge in [-0.05, 0) is 18.8 Å². The molecule has 1 fully saturated rings. The first-order chi connectivity index (χ1) is 14.6. The van der Waals surface area contributed by atoms with Crippen molar-refractivity contribution in [3.8, 4) is 0 Å². The smallest absolute Gasteiger partial charge is 0.332 e. The molecule has 0 spiro atoms. The number of rotatable bonds is 15. The summed E-state index contributed by atoms with van der Waals surface area (Å²) in [6.07, 6.45) is 4.06. The molecule has 7 N–H and O–H groups in total. The normalized spacial score (nSPS) is 15.8. The average Bonchev–Trinajstić information content (AvgIpc) is 2.67. The lowest BCUT2D eigenvalue weighted by molar-refractivity contribution is -0.152. The van der Waals surface area contributed by atoms with Crippen molar-refractivity contribution < 1.29 is 49.5 Å². The average molecular weight is 447 g/mol. The molecule has 0 aromatic heterocycles. The zero-order chi connectivity index (χ0) is 23.6. The molecule has 13 heteroatoms. The summed E-state index contributed by atoms with van der Waals surface area (Å²) in [7, 11) is 0. The van der Waals surface area contributed by atoms with Crippen LogP contribution in [0.25, 0.3) is 0 Å². The third kappa shape index (κ3) is 8.47. The summed E-state index contributed by atoms with van der Waals surface area (Å²) in [5, 5.41) is 50.3. The zero-order valence-corrected chi connectivity index (χ0v) is 16.9. The van der Waals surface area contributed by atoms with E-state index in [0.717, 1.165) is 19.3 Å². The van der Waals surface area contributed by atoms with E-state index in [4.69, 9.17) is 20.4 Å². The van der Waals surface area contributed by atoms with E-state index in [2.05, 4.69) is 10.6 Å². The van der Waals surface area contributed by atoms with Crippen molar-refractivity contribution in [1.29, 1.82) is 0 Å². The highest BCUT2D eigenvalue weighted by Gasteiger charge is 2.35. The van der Waals surface area contributed by atoms with Crippen molar-refractivity contribution in [3.63, 3.8) is 0 Å². The number of nitrogens with one attached hydrogen (secondary N) is 2. The van der Waals surface area contributed by atoms with E-state index in [1.165, 1.54) is 4.90 Å². The van der Waals surface area contributed by atoms with Crippen LogP contribution in [-0.4, -0.2) is 105 Å². The molecule has 0 saturated heterocycles. The third-order valence-electron chi connectivity index (χ3n) is 5.23. The fourth-order valence-corrected chi connectivity index (χ4v) is 3.76. The molecule has 0 aromatic carbocycles. The number of hydrogen-bond donors (Lipinski definition) is 7. The molecule has 0 aromatic rings. The van der Waals surface area contributed by atoms with Crippen LogP contribution in [0.1, 0.15) is 32.1 Å². The van der Waals surface area contributed by atoms with E-state index in [0.29, 0.717) is 12.8 Å². The maximum atomic E-state index is 12.0. The molecule has 0 radical (unpaired) electrons.